The Labute approximate surface area is 131 Å². The highest BCUT2D eigenvalue weighted by atomic mass is 16.5. The van der Waals surface area contributed by atoms with Crippen molar-refractivity contribution in [3.05, 3.63) is 29.8 Å². The summed E-state index contributed by atoms with van der Waals surface area (Å²) in [5.41, 5.74) is 0.453. The maximum absolute atomic E-state index is 12.5. The summed E-state index contributed by atoms with van der Waals surface area (Å²) >= 11 is 0. The minimum atomic E-state index is -0.539. The first-order valence-electron chi connectivity index (χ1n) is 7.86. The van der Waals surface area contributed by atoms with Crippen LogP contribution in [0, 0.1) is 5.92 Å². The molecule has 0 saturated heterocycles. The van der Waals surface area contributed by atoms with E-state index >= 15 is 0 Å². The number of benzene rings is 1. The average molecular weight is 304 g/mol. The fourth-order valence-corrected chi connectivity index (χ4v) is 2.21. The second kappa shape index (κ2) is 7.29. The van der Waals surface area contributed by atoms with Crippen LogP contribution >= 0.6 is 0 Å². The number of para-hydroxylation sites is 1. The Balaban J connectivity index is 2.08. The molecule has 1 aromatic carbocycles. The van der Waals surface area contributed by atoms with Crippen LogP contribution in [-0.2, 0) is 4.79 Å². The molecule has 0 radical (unpaired) electrons. The maximum Gasteiger partial charge on any atom is 0.255 e. The van der Waals surface area contributed by atoms with Gasteiger partial charge in [-0.05, 0) is 37.8 Å². The van der Waals surface area contributed by atoms with Crippen molar-refractivity contribution in [2.75, 3.05) is 6.61 Å². The zero-order chi connectivity index (χ0) is 16.1. The Morgan fingerprint density at radius 2 is 1.95 bits per heavy atom. The second-order valence-electron chi connectivity index (χ2n) is 5.91. The van der Waals surface area contributed by atoms with E-state index in [0.717, 1.165) is 12.8 Å². The first kappa shape index (κ1) is 16.3. The van der Waals surface area contributed by atoms with Gasteiger partial charge in [0.2, 0.25) is 5.91 Å². The van der Waals surface area contributed by atoms with Crippen molar-refractivity contribution in [2.24, 2.45) is 5.92 Å². The van der Waals surface area contributed by atoms with E-state index in [-0.39, 0.29) is 23.8 Å². The summed E-state index contributed by atoms with van der Waals surface area (Å²) in [6.07, 6.45) is 2.05. The van der Waals surface area contributed by atoms with Gasteiger partial charge in [0.05, 0.1) is 12.2 Å². The fourth-order valence-electron chi connectivity index (χ4n) is 2.21. The quantitative estimate of drug-likeness (QED) is 0.811. The molecule has 1 aliphatic carbocycles. The monoisotopic (exact) mass is 304 g/mol. The summed E-state index contributed by atoms with van der Waals surface area (Å²) in [4.78, 5) is 24.7. The van der Waals surface area contributed by atoms with Gasteiger partial charge < -0.3 is 15.4 Å². The van der Waals surface area contributed by atoms with Gasteiger partial charge in [-0.1, -0.05) is 26.0 Å². The van der Waals surface area contributed by atoms with Gasteiger partial charge >= 0.3 is 0 Å². The summed E-state index contributed by atoms with van der Waals surface area (Å²) in [5, 5.41) is 5.78. The lowest BCUT2D eigenvalue weighted by atomic mass is 10.0. The van der Waals surface area contributed by atoms with Crippen molar-refractivity contribution < 1.29 is 14.3 Å². The third-order valence-corrected chi connectivity index (χ3v) is 3.59. The van der Waals surface area contributed by atoms with Crippen molar-refractivity contribution in [1.29, 1.82) is 0 Å². The van der Waals surface area contributed by atoms with Gasteiger partial charge in [-0.2, -0.15) is 0 Å². The van der Waals surface area contributed by atoms with E-state index in [9.17, 15) is 9.59 Å². The molecule has 5 nitrogen and oxygen atoms in total. The van der Waals surface area contributed by atoms with E-state index in [4.69, 9.17) is 4.74 Å². The highest BCUT2D eigenvalue weighted by Crippen LogP contribution is 2.20. The number of hydrogen-bond donors (Lipinski definition) is 2. The van der Waals surface area contributed by atoms with Crippen LogP contribution in [0.4, 0.5) is 0 Å². The molecule has 0 spiro atoms. The molecule has 1 aromatic rings. The molecule has 0 heterocycles. The number of hydrogen-bond acceptors (Lipinski definition) is 3. The molecule has 2 amide bonds. The molecule has 22 heavy (non-hydrogen) atoms. The molecule has 120 valence electrons. The fraction of sp³-hybridized carbons (Fsp3) is 0.529. The van der Waals surface area contributed by atoms with Gasteiger partial charge in [0.25, 0.3) is 5.91 Å². The Morgan fingerprint density at radius 1 is 1.27 bits per heavy atom. The molecule has 0 bridgehead atoms. The molecule has 2 N–H and O–H groups in total. The van der Waals surface area contributed by atoms with Gasteiger partial charge in [0.1, 0.15) is 11.8 Å². The second-order valence-corrected chi connectivity index (χ2v) is 5.91. The smallest absolute Gasteiger partial charge is 0.255 e. The molecule has 0 aromatic heterocycles. The predicted molar refractivity (Wildman–Crippen MR) is 84.9 cm³/mol. The number of nitrogens with one attached hydrogen (secondary N) is 2. The summed E-state index contributed by atoms with van der Waals surface area (Å²) in [6.45, 7) is 6.20. The molecule has 1 fully saturated rings. The number of ether oxygens (including phenoxy) is 1. The predicted octanol–water partition coefficient (Wildman–Crippen LogP) is 2.12. The van der Waals surface area contributed by atoms with Crippen molar-refractivity contribution in [3.63, 3.8) is 0 Å². The minimum Gasteiger partial charge on any atom is -0.493 e. The van der Waals surface area contributed by atoms with Crippen LogP contribution in [0.2, 0.25) is 0 Å². The number of carbonyl (C=O) groups is 2. The van der Waals surface area contributed by atoms with Crippen LogP contribution in [0.25, 0.3) is 0 Å². The van der Waals surface area contributed by atoms with Crippen molar-refractivity contribution in [1.82, 2.24) is 10.6 Å². The molecule has 5 heteroatoms. The van der Waals surface area contributed by atoms with Gasteiger partial charge in [-0.25, -0.2) is 0 Å². The van der Waals surface area contributed by atoms with E-state index in [1.165, 1.54) is 0 Å². The van der Waals surface area contributed by atoms with Crippen molar-refractivity contribution >= 4 is 11.8 Å². The highest BCUT2D eigenvalue weighted by molar-refractivity contribution is 5.99. The highest BCUT2D eigenvalue weighted by Gasteiger charge is 2.30. The van der Waals surface area contributed by atoms with Gasteiger partial charge in [-0.3, -0.25) is 9.59 Å². The summed E-state index contributed by atoms with van der Waals surface area (Å²) in [7, 11) is 0. The maximum atomic E-state index is 12.5. The zero-order valence-corrected chi connectivity index (χ0v) is 13.4. The standard InChI is InChI=1S/C17H24N2O3/c1-4-22-14-8-6-5-7-13(14)16(20)19-15(11(2)3)17(21)18-12-9-10-12/h5-8,11-12,15H,4,9-10H2,1-3H3,(H,18,21)(H,19,20)/t15-/m0/s1. The molecule has 0 unspecified atom stereocenters. The van der Waals surface area contributed by atoms with Crippen molar-refractivity contribution in [2.45, 2.75) is 45.7 Å². The van der Waals surface area contributed by atoms with Crippen LogP contribution in [0.1, 0.15) is 44.0 Å². The first-order valence-corrected chi connectivity index (χ1v) is 7.86. The lowest BCUT2D eigenvalue weighted by Gasteiger charge is -2.22. The third kappa shape index (κ3) is 4.23. The van der Waals surface area contributed by atoms with Crippen LogP contribution in [-0.4, -0.2) is 30.5 Å². The molecule has 1 saturated carbocycles. The Morgan fingerprint density at radius 3 is 2.55 bits per heavy atom. The van der Waals surface area contributed by atoms with Crippen LogP contribution in [0.15, 0.2) is 24.3 Å². The van der Waals surface area contributed by atoms with E-state index < -0.39 is 6.04 Å². The SMILES string of the molecule is CCOc1ccccc1C(=O)N[C@H](C(=O)NC1CC1)C(C)C. The lowest BCUT2D eigenvalue weighted by Crippen LogP contribution is -2.50. The molecule has 0 aliphatic heterocycles. The van der Waals surface area contributed by atoms with Crippen LogP contribution < -0.4 is 15.4 Å². The van der Waals surface area contributed by atoms with Gasteiger partial charge in [-0.15, -0.1) is 0 Å². The van der Waals surface area contributed by atoms with E-state index in [2.05, 4.69) is 10.6 Å². The number of amides is 2. The molecule has 1 aliphatic rings. The summed E-state index contributed by atoms with van der Waals surface area (Å²) < 4.78 is 5.47. The largest absolute Gasteiger partial charge is 0.493 e. The van der Waals surface area contributed by atoms with Crippen molar-refractivity contribution in [3.8, 4) is 5.75 Å². The van der Waals surface area contributed by atoms with Crippen LogP contribution in [0.3, 0.4) is 0 Å². The van der Waals surface area contributed by atoms with E-state index in [1.807, 2.05) is 26.8 Å². The molecular formula is C17H24N2O3. The summed E-state index contributed by atoms with van der Waals surface area (Å²) in [6, 6.07) is 6.81. The minimum absolute atomic E-state index is 0.0157. The topological polar surface area (TPSA) is 67.4 Å². The average Bonchev–Trinajstić information content (AvgIpc) is 3.29. The van der Waals surface area contributed by atoms with Gasteiger partial charge in [0.15, 0.2) is 0 Å². The molecule has 1 atom stereocenters. The Hall–Kier alpha value is -2.04. The Kier molecular flexibility index (Phi) is 5.41. The number of rotatable bonds is 7. The molecular weight excluding hydrogens is 280 g/mol. The summed E-state index contributed by atoms with van der Waals surface area (Å²) in [5.74, 6) is 0.156. The third-order valence-electron chi connectivity index (χ3n) is 3.59. The lowest BCUT2D eigenvalue weighted by molar-refractivity contribution is -0.124. The van der Waals surface area contributed by atoms with E-state index in [1.54, 1.807) is 18.2 Å². The number of carbonyl (C=O) groups excluding carboxylic acids is 2. The first-order chi connectivity index (χ1) is 10.5. The van der Waals surface area contributed by atoms with Crippen LogP contribution in [0.5, 0.6) is 5.75 Å². The van der Waals surface area contributed by atoms with E-state index in [0.29, 0.717) is 17.9 Å². The zero-order valence-electron chi connectivity index (χ0n) is 13.4. The van der Waals surface area contributed by atoms with Gasteiger partial charge in [0, 0.05) is 6.04 Å². The normalized spacial score (nSPS) is 15.3. The molecule has 2 rings (SSSR count). The Bertz CT molecular complexity index is 538.